The minimum Gasteiger partial charge on any atom is -0.394 e. The van der Waals surface area contributed by atoms with E-state index in [1.807, 2.05) is 0 Å². The predicted molar refractivity (Wildman–Crippen MR) is 73.2 cm³/mol. The molecule has 0 spiro atoms. The summed E-state index contributed by atoms with van der Waals surface area (Å²) in [6.07, 6.45) is -16.5. The topological polar surface area (TPSA) is 190 Å². The molecule has 2 fully saturated rings. The summed E-state index contributed by atoms with van der Waals surface area (Å²) in [5.74, 6) is 0. The van der Waals surface area contributed by atoms with Crippen molar-refractivity contribution in [2.75, 3.05) is 6.61 Å². The molecular weight excluding hydrogens is 332 g/mol. The Hall–Kier alpha value is -0.440. The van der Waals surface area contributed by atoms with Crippen molar-refractivity contribution in [3.05, 3.63) is 0 Å². The summed E-state index contributed by atoms with van der Waals surface area (Å²) in [7, 11) is 0. The zero-order valence-corrected chi connectivity index (χ0v) is 12.9. The van der Waals surface area contributed by atoms with Gasteiger partial charge in [-0.3, -0.25) is 0 Å². The maximum atomic E-state index is 9.92. The number of aliphatic hydroxyl groups excluding tert-OH is 8. The highest BCUT2D eigenvalue weighted by Gasteiger charge is 2.48. The van der Waals surface area contributed by atoms with Crippen LogP contribution in [0, 0.1) is 0 Å². The second kappa shape index (κ2) is 7.85. The molecule has 11 atom stereocenters. The lowest BCUT2D eigenvalue weighted by molar-refractivity contribution is -0.340. The van der Waals surface area contributed by atoms with E-state index in [-0.39, 0.29) is 0 Å². The van der Waals surface area contributed by atoms with Crippen LogP contribution >= 0.6 is 0 Å². The molecular formula is C13H24O11. The number of ether oxygens (including phenoxy) is 3. The smallest absolute Gasteiger partial charge is 0.187 e. The molecule has 2 heterocycles. The third kappa shape index (κ3) is 3.71. The molecule has 0 aliphatic carbocycles. The van der Waals surface area contributed by atoms with Crippen molar-refractivity contribution >= 4 is 0 Å². The van der Waals surface area contributed by atoms with Gasteiger partial charge in [-0.2, -0.15) is 0 Å². The normalized spacial score (nSPS) is 51.4. The van der Waals surface area contributed by atoms with Crippen molar-refractivity contribution in [3.63, 3.8) is 0 Å². The zero-order valence-electron chi connectivity index (χ0n) is 12.9. The van der Waals surface area contributed by atoms with Gasteiger partial charge < -0.3 is 55.1 Å². The first-order valence-electron chi connectivity index (χ1n) is 7.52. The van der Waals surface area contributed by atoms with Crippen LogP contribution in [0.1, 0.15) is 6.92 Å². The summed E-state index contributed by atoms with van der Waals surface area (Å²) in [5.41, 5.74) is 0. The summed E-state index contributed by atoms with van der Waals surface area (Å²) in [5, 5.41) is 76.9. The van der Waals surface area contributed by atoms with E-state index in [9.17, 15) is 35.7 Å². The van der Waals surface area contributed by atoms with Gasteiger partial charge >= 0.3 is 0 Å². The van der Waals surface area contributed by atoms with E-state index < -0.39 is 74.1 Å². The monoisotopic (exact) mass is 356 g/mol. The SMILES string of the molecule is C[C@@H](O[C@H]1O[C@H](CO)[C@@H](O)[C@H](O)[C@@H]1O)[C@H]1O[C@H](O)[C@@H](O)[C@@H](O)[C@@H]1O. The van der Waals surface area contributed by atoms with Crippen molar-refractivity contribution in [1.82, 2.24) is 0 Å². The van der Waals surface area contributed by atoms with Gasteiger partial charge in [0.1, 0.15) is 48.8 Å². The maximum absolute atomic E-state index is 9.92. The molecule has 0 aromatic heterocycles. The minimum absolute atomic E-state index is 0.634. The third-order valence-electron chi connectivity index (χ3n) is 4.29. The molecule has 2 saturated heterocycles. The molecule has 142 valence electrons. The van der Waals surface area contributed by atoms with Gasteiger partial charge in [-0.15, -0.1) is 0 Å². The lowest BCUT2D eigenvalue weighted by atomic mass is 9.95. The molecule has 0 unspecified atom stereocenters. The Balaban J connectivity index is 2.04. The Kier molecular flexibility index (Phi) is 6.50. The molecule has 0 bridgehead atoms. The van der Waals surface area contributed by atoms with E-state index in [1.165, 1.54) is 6.92 Å². The molecule has 8 N–H and O–H groups in total. The van der Waals surface area contributed by atoms with Crippen molar-refractivity contribution in [2.45, 2.75) is 74.4 Å². The Morgan fingerprint density at radius 3 is 1.96 bits per heavy atom. The maximum Gasteiger partial charge on any atom is 0.187 e. The molecule has 11 heteroatoms. The van der Waals surface area contributed by atoms with Crippen LogP contribution < -0.4 is 0 Å². The molecule has 2 rings (SSSR count). The van der Waals surface area contributed by atoms with Gasteiger partial charge in [-0.05, 0) is 6.92 Å². The van der Waals surface area contributed by atoms with Gasteiger partial charge in [-0.1, -0.05) is 0 Å². The fourth-order valence-electron chi connectivity index (χ4n) is 2.74. The molecule has 24 heavy (non-hydrogen) atoms. The van der Waals surface area contributed by atoms with Crippen molar-refractivity contribution in [1.29, 1.82) is 0 Å². The van der Waals surface area contributed by atoms with Crippen LogP contribution in [0.2, 0.25) is 0 Å². The molecule has 2 aliphatic heterocycles. The number of aliphatic hydroxyl groups is 8. The van der Waals surface area contributed by atoms with Gasteiger partial charge in [-0.25, -0.2) is 0 Å². The highest BCUT2D eigenvalue weighted by Crippen LogP contribution is 2.27. The largest absolute Gasteiger partial charge is 0.394 e. The summed E-state index contributed by atoms with van der Waals surface area (Å²) in [4.78, 5) is 0. The molecule has 0 aromatic rings. The van der Waals surface area contributed by atoms with Crippen molar-refractivity contribution < 1.29 is 55.1 Å². The summed E-state index contributed by atoms with van der Waals surface area (Å²) >= 11 is 0. The van der Waals surface area contributed by atoms with Crippen LogP contribution in [0.5, 0.6) is 0 Å². The first-order chi connectivity index (χ1) is 11.2. The Morgan fingerprint density at radius 1 is 0.792 bits per heavy atom. The Bertz CT molecular complexity index is 407. The van der Waals surface area contributed by atoms with Crippen molar-refractivity contribution in [2.24, 2.45) is 0 Å². The van der Waals surface area contributed by atoms with Gasteiger partial charge in [0.05, 0.1) is 12.7 Å². The van der Waals surface area contributed by atoms with E-state index in [1.54, 1.807) is 0 Å². The third-order valence-corrected chi connectivity index (χ3v) is 4.29. The van der Waals surface area contributed by atoms with Crippen LogP contribution in [0.15, 0.2) is 0 Å². The van der Waals surface area contributed by atoms with E-state index in [0.717, 1.165) is 0 Å². The summed E-state index contributed by atoms with van der Waals surface area (Å²) < 4.78 is 15.5. The second-order valence-corrected chi connectivity index (χ2v) is 6.00. The number of hydrogen-bond acceptors (Lipinski definition) is 11. The van der Waals surface area contributed by atoms with E-state index in [4.69, 9.17) is 19.3 Å². The number of rotatable bonds is 4. The predicted octanol–water partition coefficient (Wildman–Crippen LogP) is -5.01. The fraction of sp³-hybridized carbons (Fsp3) is 1.00. The first kappa shape index (κ1) is 19.9. The highest BCUT2D eigenvalue weighted by molar-refractivity contribution is 4.93. The van der Waals surface area contributed by atoms with E-state index in [2.05, 4.69) is 0 Å². The molecule has 0 radical (unpaired) electrons. The van der Waals surface area contributed by atoms with Gasteiger partial charge in [0.25, 0.3) is 0 Å². The minimum atomic E-state index is -1.76. The van der Waals surface area contributed by atoms with Gasteiger partial charge in [0.15, 0.2) is 12.6 Å². The van der Waals surface area contributed by atoms with Gasteiger partial charge in [0.2, 0.25) is 0 Å². The summed E-state index contributed by atoms with van der Waals surface area (Å²) in [6, 6.07) is 0. The summed E-state index contributed by atoms with van der Waals surface area (Å²) in [6.45, 7) is 0.748. The first-order valence-corrected chi connectivity index (χ1v) is 7.52. The average Bonchev–Trinajstić information content (AvgIpc) is 2.56. The van der Waals surface area contributed by atoms with Crippen LogP contribution in [0.3, 0.4) is 0 Å². The zero-order chi connectivity index (χ0) is 18.2. The van der Waals surface area contributed by atoms with Gasteiger partial charge in [0, 0.05) is 0 Å². The number of hydrogen-bond donors (Lipinski definition) is 8. The van der Waals surface area contributed by atoms with E-state index >= 15 is 0 Å². The van der Waals surface area contributed by atoms with Crippen LogP contribution in [0.4, 0.5) is 0 Å². The lowest BCUT2D eigenvalue weighted by Gasteiger charge is -2.44. The Labute approximate surface area is 137 Å². The molecule has 0 aromatic carbocycles. The molecule has 0 saturated carbocycles. The van der Waals surface area contributed by atoms with E-state index in [0.29, 0.717) is 0 Å². The standard InChI is InChI=1S/C13H24O11/c1-3(11-8(18)7(17)9(19)12(21)24-11)22-13-10(20)6(16)5(15)4(2-14)23-13/h3-21H,2H2,1H3/t3-,4-,5-,6+,7+,8+,9+,10+,11-,12+,13+/m1/s1. The Morgan fingerprint density at radius 2 is 1.38 bits per heavy atom. The van der Waals surface area contributed by atoms with Crippen LogP contribution in [-0.4, -0.2) is 115 Å². The van der Waals surface area contributed by atoms with Crippen LogP contribution in [0.25, 0.3) is 0 Å². The average molecular weight is 356 g/mol. The highest BCUT2D eigenvalue weighted by atomic mass is 16.7. The van der Waals surface area contributed by atoms with Crippen molar-refractivity contribution in [3.8, 4) is 0 Å². The molecule has 2 aliphatic rings. The lowest BCUT2D eigenvalue weighted by Crippen LogP contribution is -2.63. The molecule has 0 amide bonds. The van der Waals surface area contributed by atoms with Crippen LogP contribution in [-0.2, 0) is 14.2 Å². The second-order valence-electron chi connectivity index (χ2n) is 6.00. The quantitative estimate of drug-likeness (QED) is 0.241. The molecule has 11 nitrogen and oxygen atoms in total. The fourth-order valence-corrected chi connectivity index (χ4v) is 2.74.